The summed E-state index contributed by atoms with van der Waals surface area (Å²) in [5.41, 5.74) is 0.689. The SMILES string of the molecule is COCCNC1=C(N(C)C(=O)CCl)C(=O)c2ccccc2C1=O. The number of fused-ring (bicyclic) bond motifs is 1. The van der Waals surface area contributed by atoms with Crippen LogP contribution in [0.3, 0.4) is 0 Å². The number of alkyl halides is 1. The molecule has 0 aromatic heterocycles. The number of carbonyl (C=O) groups excluding carboxylic acids is 3. The zero-order valence-corrected chi connectivity index (χ0v) is 13.6. The van der Waals surface area contributed by atoms with E-state index in [0.29, 0.717) is 18.7 Å². The molecule has 0 saturated heterocycles. The number of allylic oxidation sites excluding steroid dienone is 2. The normalized spacial score (nSPS) is 13.9. The number of hydrogen-bond donors (Lipinski definition) is 1. The summed E-state index contributed by atoms with van der Waals surface area (Å²) in [6.45, 7) is 0.687. The molecule has 0 radical (unpaired) electrons. The summed E-state index contributed by atoms with van der Waals surface area (Å²) in [5, 5.41) is 2.90. The van der Waals surface area contributed by atoms with E-state index >= 15 is 0 Å². The Balaban J connectivity index is 2.52. The largest absolute Gasteiger partial charge is 0.383 e. The fourth-order valence-electron chi connectivity index (χ4n) is 2.34. The summed E-state index contributed by atoms with van der Waals surface area (Å²) >= 11 is 5.57. The van der Waals surface area contributed by atoms with E-state index in [0.717, 1.165) is 4.90 Å². The van der Waals surface area contributed by atoms with Crippen LogP contribution in [0.2, 0.25) is 0 Å². The van der Waals surface area contributed by atoms with E-state index < -0.39 is 5.91 Å². The van der Waals surface area contributed by atoms with Gasteiger partial charge in [-0.05, 0) is 0 Å². The number of methoxy groups -OCH3 is 1. The van der Waals surface area contributed by atoms with Gasteiger partial charge in [0, 0.05) is 31.8 Å². The van der Waals surface area contributed by atoms with Crippen molar-refractivity contribution in [3.63, 3.8) is 0 Å². The third-order valence-electron chi connectivity index (χ3n) is 3.53. The number of ketones is 2. The van der Waals surface area contributed by atoms with Crippen molar-refractivity contribution in [3.05, 3.63) is 46.8 Å². The van der Waals surface area contributed by atoms with Gasteiger partial charge in [0.1, 0.15) is 17.3 Å². The van der Waals surface area contributed by atoms with Crippen LogP contribution in [0, 0.1) is 0 Å². The van der Waals surface area contributed by atoms with Crippen molar-refractivity contribution < 1.29 is 19.1 Å². The Labute approximate surface area is 139 Å². The second kappa shape index (κ2) is 7.39. The molecule has 23 heavy (non-hydrogen) atoms. The van der Waals surface area contributed by atoms with Gasteiger partial charge in [-0.2, -0.15) is 0 Å². The van der Waals surface area contributed by atoms with Crippen molar-refractivity contribution >= 4 is 29.1 Å². The van der Waals surface area contributed by atoms with Crippen molar-refractivity contribution in [3.8, 4) is 0 Å². The molecular weight excluding hydrogens is 320 g/mol. The van der Waals surface area contributed by atoms with Crippen molar-refractivity contribution in [1.29, 1.82) is 0 Å². The number of ether oxygens (including phenoxy) is 1. The quantitative estimate of drug-likeness (QED) is 0.624. The molecule has 1 amide bonds. The molecule has 1 aliphatic carbocycles. The number of amides is 1. The highest BCUT2D eigenvalue weighted by Crippen LogP contribution is 2.26. The van der Waals surface area contributed by atoms with Gasteiger partial charge in [0.15, 0.2) is 0 Å². The second-order valence-corrected chi connectivity index (χ2v) is 5.20. The minimum atomic E-state index is -0.465. The van der Waals surface area contributed by atoms with Gasteiger partial charge in [-0.3, -0.25) is 14.4 Å². The summed E-state index contributed by atoms with van der Waals surface area (Å²) in [5.74, 6) is -1.47. The predicted molar refractivity (Wildman–Crippen MR) is 85.5 cm³/mol. The first-order chi connectivity index (χ1) is 11.0. The average Bonchev–Trinajstić information content (AvgIpc) is 2.58. The third-order valence-corrected chi connectivity index (χ3v) is 3.76. The molecule has 0 atom stereocenters. The Bertz CT molecular complexity index is 684. The monoisotopic (exact) mass is 336 g/mol. The van der Waals surface area contributed by atoms with Gasteiger partial charge in [0.2, 0.25) is 17.5 Å². The molecule has 0 fully saturated rings. The van der Waals surface area contributed by atoms with Crippen LogP contribution in [0.15, 0.2) is 35.7 Å². The summed E-state index contributed by atoms with van der Waals surface area (Å²) in [6.07, 6.45) is 0. The van der Waals surface area contributed by atoms with E-state index in [-0.39, 0.29) is 34.4 Å². The Hall–Kier alpha value is -2.18. The number of rotatable bonds is 6. The molecule has 0 saturated carbocycles. The molecule has 1 aromatic rings. The van der Waals surface area contributed by atoms with E-state index in [9.17, 15) is 14.4 Å². The maximum Gasteiger partial charge on any atom is 0.241 e. The minimum Gasteiger partial charge on any atom is -0.383 e. The number of nitrogens with zero attached hydrogens (tertiary/aromatic N) is 1. The molecule has 1 aromatic carbocycles. The van der Waals surface area contributed by atoms with E-state index in [1.807, 2.05) is 0 Å². The number of likely N-dealkylation sites (N-methyl/N-ethyl adjacent to an activating group) is 1. The van der Waals surface area contributed by atoms with Gasteiger partial charge in [-0.1, -0.05) is 24.3 Å². The number of hydrogen-bond acceptors (Lipinski definition) is 5. The van der Waals surface area contributed by atoms with Crippen LogP contribution in [-0.4, -0.2) is 55.6 Å². The summed E-state index contributed by atoms with van der Waals surface area (Å²) in [6, 6.07) is 6.53. The Morgan fingerprint density at radius 1 is 1.22 bits per heavy atom. The molecule has 2 rings (SSSR count). The minimum absolute atomic E-state index is 0.00968. The standard InChI is InChI=1S/C16H17ClN2O4/c1-19(12(20)9-17)14-13(18-7-8-23-2)15(21)10-5-3-4-6-11(10)16(14)22/h3-6,18H,7-9H2,1-2H3. The average molecular weight is 337 g/mol. The summed E-state index contributed by atoms with van der Waals surface area (Å²) < 4.78 is 4.95. The highest BCUT2D eigenvalue weighted by atomic mass is 35.5. The van der Waals surface area contributed by atoms with Crippen LogP contribution < -0.4 is 5.32 Å². The van der Waals surface area contributed by atoms with Gasteiger partial charge in [0.25, 0.3) is 0 Å². The lowest BCUT2D eigenvalue weighted by Crippen LogP contribution is -2.40. The molecule has 1 aliphatic rings. The van der Waals surface area contributed by atoms with Gasteiger partial charge in [-0.15, -0.1) is 11.6 Å². The molecule has 0 heterocycles. The molecule has 122 valence electrons. The second-order valence-electron chi connectivity index (χ2n) is 4.93. The zero-order chi connectivity index (χ0) is 17.0. The van der Waals surface area contributed by atoms with Crippen molar-refractivity contribution in [1.82, 2.24) is 10.2 Å². The molecule has 0 aliphatic heterocycles. The Kier molecular flexibility index (Phi) is 5.52. The fraction of sp³-hybridized carbons (Fsp3) is 0.312. The number of benzene rings is 1. The smallest absolute Gasteiger partial charge is 0.241 e. The van der Waals surface area contributed by atoms with Crippen LogP contribution in [0.5, 0.6) is 0 Å². The van der Waals surface area contributed by atoms with Crippen molar-refractivity contribution in [2.75, 3.05) is 33.2 Å². The van der Waals surface area contributed by atoms with E-state index in [1.54, 1.807) is 24.3 Å². The maximum atomic E-state index is 12.7. The molecule has 0 unspecified atom stereocenters. The predicted octanol–water partition coefficient (Wildman–Crippen LogP) is 1.21. The van der Waals surface area contributed by atoms with Gasteiger partial charge < -0.3 is 15.0 Å². The first-order valence-corrected chi connectivity index (χ1v) is 7.54. The van der Waals surface area contributed by atoms with E-state index in [4.69, 9.17) is 16.3 Å². The highest BCUT2D eigenvalue weighted by Gasteiger charge is 2.35. The van der Waals surface area contributed by atoms with Crippen LogP contribution in [0.4, 0.5) is 0 Å². The molecule has 7 heteroatoms. The number of nitrogens with one attached hydrogen (secondary N) is 1. The number of halogens is 1. The molecule has 0 bridgehead atoms. The van der Waals surface area contributed by atoms with Crippen molar-refractivity contribution in [2.24, 2.45) is 0 Å². The number of Topliss-reactive ketones (excluding diaryl/α,β-unsaturated/α-hetero) is 2. The lowest BCUT2D eigenvalue weighted by atomic mass is 9.89. The summed E-state index contributed by atoms with van der Waals surface area (Å²) in [4.78, 5) is 38.5. The van der Waals surface area contributed by atoms with Crippen LogP contribution >= 0.6 is 11.6 Å². The van der Waals surface area contributed by atoms with Crippen LogP contribution in [0.1, 0.15) is 20.7 Å². The van der Waals surface area contributed by atoms with Crippen molar-refractivity contribution in [2.45, 2.75) is 0 Å². The molecular formula is C16H17ClN2O4. The maximum absolute atomic E-state index is 12.7. The van der Waals surface area contributed by atoms with E-state index in [2.05, 4.69) is 5.32 Å². The number of carbonyl (C=O) groups is 3. The van der Waals surface area contributed by atoms with Crippen LogP contribution in [0.25, 0.3) is 0 Å². The fourth-order valence-corrected chi connectivity index (χ4v) is 2.52. The third kappa shape index (κ3) is 3.28. The zero-order valence-electron chi connectivity index (χ0n) is 12.9. The first-order valence-electron chi connectivity index (χ1n) is 7.01. The topological polar surface area (TPSA) is 75.7 Å². The van der Waals surface area contributed by atoms with Gasteiger partial charge in [-0.25, -0.2) is 0 Å². The van der Waals surface area contributed by atoms with Crippen LogP contribution in [-0.2, 0) is 9.53 Å². The lowest BCUT2D eigenvalue weighted by Gasteiger charge is -2.27. The molecule has 1 N–H and O–H groups in total. The van der Waals surface area contributed by atoms with Gasteiger partial charge in [0.05, 0.1) is 6.61 Å². The van der Waals surface area contributed by atoms with Gasteiger partial charge >= 0.3 is 0 Å². The lowest BCUT2D eigenvalue weighted by molar-refractivity contribution is -0.125. The molecule has 6 nitrogen and oxygen atoms in total. The first kappa shape index (κ1) is 17.2. The molecule has 0 spiro atoms. The highest BCUT2D eigenvalue weighted by molar-refractivity contribution is 6.30. The Morgan fingerprint density at radius 2 is 1.83 bits per heavy atom. The van der Waals surface area contributed by atoms with E-state index in [1.165, 1.54) is 14.2 Å². The summed E-state index contributed by atoms with van der Waals surface area (Å²) in [7, 11) is 2.96. The Morgan fingerprint density at radius 3 is 2.39 bits per heavy atom.